The predicted molar refractivity (Wildman–Crippen MR) is 105 cm³/mol. The molecule has 0 bridgehead atoms. The van der Waals surface area contributed by atoms with Crippen LogP contribution in [0.25, 0.3) is 0 Å². The van der Waals surface area contributed by atoms with Crippen molar-refractivity contribution in [1.29, 1.82) is 0 Å². The Morgan fingerprint density at radius 1 is 1.00 bits per heavy atom. The number of nitrogens with one attached hydrogen (secondary N) is 2. The maximum absolute atomic E-state index is 13.0. The average molecular weight is 393 g/mol. The van der Waals surface area contributed by atoms with E-state index < -0.39 is 10.0 Å². The first kappa shape index (κ1) is 17.9. The number of nitrogens with zero attached hydrogens (tertiary/aromatic N) is 2. The topological polar surface area (TPSA) is 64.7 Å². The molecule has 2 aromatic rings. The molecule has 2 saturated heterocycles. The highest BCUT2D eigenvalue weighted by molar-refractivity contribution is 7.91. The molecule has 2 aliphatic heterocycles. The smallest absolute Gasteiger partial charge is 0.252 e. The number of piperazine rings is 1. The lowest BCUT2D eigenvalue weighted by molar-refractivity contribution is 0.386. The molecule has 1 aromatic heterocycles. The molecule has 0 spiro atoms. The van der Waals surface area contributed by atoms with Crippen LogP contribution in [0.15, 0.2) is 46.7 Å². The van der Waals surface area contributed by atoms with Crippen molar-refractivity contribution in [2.24, 2.45) is 0 Å². The van der Waals surface area contributed by atoms with Crippen LogP contribution >= 0.6 is 11.3 Å². The molecule has 2 fully saturated rings. The van der Waals surface area contributed by atoms with Crippen molar-refractivity contribution in [2.75, 3.05) is 31.1 Å². The lowest BCUT2D eigenvalue weighted by Crippen LogP contribution is -2.48. The normalized spacial score (nSPS) is 24.9. The van der Waals surface area contributed by atoms with Gasteiger partial charge in [0.2, 0.25) is 0 Å². The minimum absolute atomic E-state index is 0.189. The summed E-state index contributed by atoms with van der Waals surface area (Å²) >= 11 is 1.38. The van der Waals surface area contributed by atoms with Gasteiger partial charge in [-0.05, 0) is 37.6 Å². The van der Waals surface area contributed by atoms with E-state index in [2.05, 4.69) is 34.8 Å². The quantitative estimate of drug-likeness (QED) is 0.835. The van der Waals surface area contributed by atoms with Crippen molar-refractivity contribution in [1.82, 2.24) is 15.2 Å². The Morgan fingerprint density at radius 3 is 2.38 bits per heavy atom. The zero-order valence-electron chi connectivity index (χ0n) is 14.8. The number of hydrogen-bond donors (Lipinski definition) is 2. The second-order valence-electron chi connectivity index (χ2n) is 6.86. The van der Waals surface area contributed by atoms with Gasteiger partial charge in [-0.1, -0.05) is 18.2 Å². The minimum Gasteiger partial charge on any atom is -0.369 e. The van der Waals surface area contributed by atoms with Crippen LogP contribution in [0.2, 0.25) is 0 Å². The number of rotatable bonds is 4. The molecule has 2 aliphatic rings. The molecule has 0 amide bonds. The fourth-order valence-corrected chi connectivity index (χ4v) is 6.48. The molecule has 1 aromatic carbocycles. The Bertz CT molecular complexity index is 845. The van der Waals surface area contributed by atoms with E-state index in [0.29, 0.717) is 36.4 Å². The van der Waals surface area contributed by atoms with E-state index in [1.165, 1.54) is 11.3 Å². The van der Waals surface area contributed by atoms with Crippen LogP contribution in [0.1, 0.15) is 24.3 Å². The van der Waals surface area contributed by atoms with Gasteiger partial charge >= 0.3 is 0 Å². The SMILES string of the molecule is CC1CC(c2ccc(S(=O)(=O)N3CCN(c4ccccc4)CC3)s2)NN1. The molecule has 26 heavy (non-hydrogen) atoms. The van der Waals surface area contributed by atoms with Crippen LogP contribution in [0.5, 0.6) is 0 Å². The third-order valence-corrected chi connectivity index (χ3v) is 8.56. The maximum Gasteiger partial charge on any atom is 0.252 e. The molecule has 2 N–H and O–H groups in total. The van der Waals surface area contributed by atoms with E-state index in [1.807, 2.05) is 24.3 Å². The third kappa shape index (κ3) is 3.52. The summed E-state index contributed by atoms with van der Waals surface area (Å²) in [6, 6.07) is 14.4. The summed E-state index contributed by atoms with van der Waals surface area (Å²) < 4.78 is 28.1. The van der Waals surface area contributed by atoms with Crippen LogP contribution in [0, 0.1) is 0 Å². The summed E-state index contributed by atoms with van der Waals surface area (Å²) in [5, 5.41) is 0. The standard InChI is InChI=1S/C18H24N4O2S2/c1-14-13-16(20-19-14)17-7-8-18(25-17)26(23,24)22-11-9-21(10-12-22)15-5-3-2-4-6-15/h2-8,14,16,19-20H,9-13H2,1H3. The summed E-state index contributed by atoms with van der Waals surface area (Å²) in [6.07, 6.45) is 0.968. The van der Waals surface area contributed by atoms with Crippen LogP contribution in [-0.2, 0) is 10.0 Å². The Kier molecular flexibility index (Phi) is 5.02. The summed E-state index contributed by atoms with van der Waals surface area (Å²) in [6.45, 7) is 4.58. The van der Waals surface area contributed by atoms with Gasteiger partial charge in [0.05, 0.1) is 6.04 Å². The molecular formula is C18H24N4O2S2. The van der Waals surface area contributed by atoms with Gasteiger partial charge < -0.3 is 4.90 Å². The second-order valence-corrected chi connectivity index (χ2v) is 10.1. The van der Waals surface area contributed by atoms with Crippen molar-refractivity contribution in [3.05, 3.63) is 47.3 Å². The van der Waals surface area contributed by atoms with E-state index in [9.17, 15) is 8.42 Å². The minimum atomic E-state index is -3.41. The van der Waals surface area contributed by atoms with Crippen molar-refractivity contribution >= 4 is 27.0 Å². The molecule has 0 aliphatic carbocycles. The van der Waals surface area contributed by atoms with Gasteiger partial charge in [-0.3, -0.25) is 5.43 Å². The number of sulfonamides is 1. The fraction of sp³-hybridized carbons (Fsp3) is 0.444. The number of anilines is 1. The molecule has 0 saturated carbocycles. The van der Waals surface area contributed by atoms with Gasteiger partial charge in [0, 0.05) is 42.8 Å². The molecule has 2 atom stereocenters. The van der Waals surface area contributed by atoms with Gasteiger partial charge in [0.15, 0.2) is 0 Å². The molecule has 140 valence electrons. The average Bonchev–Trinajstić information content (AvgIpc) is 3.32. The molecule has 0 radical (unpaired) electrons. The first-order valence-electron chi connectivity index (χ1n) is 8.95. The number of para-hydroxylation sites is 1. The van der Waals surface area contributed by atoms with Crippen LogP contribution < -0.4 is 15.8 Å². The van der Waals surface area contributed by atoms with Gasteiger partial charge in [0.25, 0.3) is 10.0 Å². The van der Waals surface area contributed by atoms with Crippen molar-refractivity contribution in [3.8, 4) is 0 Å². The van der Waals surface area contributed by atoms with E-state index >= 15 is 0 Å². The fourth-order valence-electron chi connectivity index (χ4n) is 3.51. The maximum atomic E-state index is 13.0. The van der Waals surface area contributed by atoms with Gasteiger partial charge in [0.1, 0.15) is 4.21 Å². The highest BCUT2D eigenvalue weighted by Gasteiger charge is 2.31. The Labute approximate surface area is 158 Å². The lowest BCUT2D eigenvalue weighted by atomic mass is 10.1. The Balaban J connectivity index is 1.44. The summed E-state index contributed by atoms with van der Waals surface area (Å²) in [5.74, 6) is 0. The molecule has 8 heteroatoms. The van der Waals surface area contributed by atoms with Gasteiger partial charge in [-0.25, -0.2) is 13.8 Å². The molecule has 6 nitrogen and oxygen atoms in total. The monoisotopic (exact) mass is 392 g/mol. The predicted octanol–water partition coefficient (Wildman–Crippen LogP) is 2.19. The number of benzene rings is 1. The second kappa shape index (κ2) is 7.28. The van der Waals surface area contributed by atoms with E-state index in [4.69, 9.17) is 0 Å². The van der Waals surface area contributed by atoms with Crippen molar-refractivity contribution < 1.29 is 8.42 Å². The van der Waals surface area contributed by atoms with E-state index in [-0.39, 0.29) is 6.04 Å². The highest BCUT2D eigenvalue weighted by atomic mass is 32.2. The van der Waals surface area contributed by atoms with E-state index in [1.54, 1.807) is 10.4 Å². The van der Waals surface area contributed by atoms with Crippen molar-refractivity contribution in [2.45, 2.75) is 29.6 Å². The van der Waals surface area contributed by atoms with Crippen LogP contribution in [0.3, 0.4) is 0 Å². The first-order chi connectivity index (χ1) is 12.5. The summed E-state index contributed by atoms with van der Waals surface area (Å²) in [7, 11) is -3.41. The summed E-state index contributed by atoms with van der Waals surface area (Å²) in [4.78, 5) is 3.31. The first-order valence-corrected chi connectivity index (χ1v) is 11.2. The number of hydrazine groups is 1. The molecule has 3 heterocycles. The van der Waals surface area contributed by atoms with Gasteiger partial charge in [-0.15, -0.1) is 11.3 Å². The van der Waals surface area contributed by atoms with Crippen LogP contribution in [0.4, 0.5) is 5.69 Å². The molecule has 2 unspecified atom stereocenters. The lowest BCUT2D eigenvalue weighted by Gasteiger charge is -2.35. The molecule has 4 rings (SSSR count). The Hall–Kier alpha value is -1.45. The number of hydrogen-bond acceptors (Lipinski definition) is 6. The Morgan fingerprint density at radius 2 is 1.73 bits per heavy atom. The number of thiophene rings is 1. The zero-order valence-corrected chi connectivity index (χ0v) is 16.4. The van der Waals surface area contributed by atoms with Crippen molar-refractivity contribution in [3.63, 3.8) is 0 Å². The van der Waals surface area contributed by atoms with Crippen LogP contribution in [-0.4, -0.2) is 44.9 Å². The zero-order chi connectivity index (χ0) is 18.1. The molecular weight excluding hydrogens is 368 g/mol. The van der Waals surface area contributed by atoms with E-state index in [0.717, 1.165) is 17.0 Å². The summed E-state index contributed by atoms with van der Waals surface area (Å²) in [5.41, 5.74) is 7.58. The third-order valence-electron chi connectivity index (χ3n) is 4.99. The largest absolute Gasteiger partial charge is 0.369 e. The highest BCUT2D eigenvalue weighted by Crippen LogP contribution is 2.32. The van der Waals surface area contributed by atoms with Gasteiger partial charge in [-0.2, -0.15) is 4.31 Å².